The Bertz CT molecular complexity index is 447. The zero-order chi connectivity index (χ0) is 13.1. The van der Waals surface area contributed by atoms with Crippen molar-refractivity contribution in [2.45, 2.75) is 44.8 Å². The third kappa shape index (κ3) is 2.93. The molecular formula is C14H18BrNO2. The maximum absolute atomic E-state index is 12.2. The van der Waals surface area contributed by atoms with Crippen molar-refractivity contribution in [3.63, 3.8) is 0 Å². The van der Waals surface area contributed by atoms with E-state index in [1.165, 1.54) is 0 Å². The van der Waals surface area contributed by atoms with Crippen LogP contribution in [0.5, 0.6) is 0 Å². The van der Waals surface area contributed by atoms with E-state index in [0.717, 1.165) is 35.7 Å². The number of hydrogen-bond donors (Lipinski definition) is 2. The maximum Gasteiger partial charge on any atom is 0.251 e. The number of amides is 1. The van der Waals surface area contributed by atoms with Crippen molar-refractivity contribution in [2.75, 3.05) is 0 Å². The average molecular weight is 312 g/mol. The molecule has 1 aliphatic rings. The molecule has 2 N–H and O–H groups in total. The smallest absolute Gasteiger partial charge is 0.251 e. The second kappa shape index (κ2) is 5.85. The Labute approximate surface area is 116 Å². The number of carbonyl (C=O) groups is 1. The molecule has 0 saturated heterocycles. The van der Waals surface area contributed by atoms with Crippen LogP contribution in [0.2, 0.25) is 0 Å². The predicted molar refractivity (Wildman–Crippen MR) is 74.6 cm³/mol. The molecule has 1 aliphatic carbocycles. The monoisotopic (exact) mass is 311 g/mol. The van der Waals surface area contributed by atoms with E-state index in [1.54, 1.807) is 0 Å². The summed E-state index contributed by atoms with van der Waals surface area (Å²) in [5.41, 5.74) is 1.60. The van der Waals surface area contributed by atoms with Gasteiger partial charge in [-0.2, -0.15) is 0 Å². The van der Waals surface area contributed by atoms with Gasteiger partial charge in [-0.25, -0.2) is 0 Å². The summed E-state index contributed by atoms with van der Waals surface area (Å²) in [4.78, 5) is 12.2. The zero-order valence-electron chi connectivity index (χ0n) is 10.4. The lowest BCUT2D eigenvalue weighted by molar-refractivity contribution is 0.0717. The molecule has 98 valence electrons. The quantitative estimate of drug-likeness (QED) is 0.882. The molecule has 0 unspecified atom stereocenters. The predicted octanol–water partition coefficient (Wildman–Crippen LogP) is 2.79. The van der Waals surface area contributed by atoms with Crippen molar-refractivity contribution in [1.82, 2.24) is 5.32 Å². The third-order valence-corrected chi connectivity index (χ3v) is 4.42. The van der Waals surface area contributed by atoms with Gasteiger partial charge in [-0.3, -0.25) is 4.79 Å². The van der Waals surface area contributed by atoms with Gasteiger partial charge in [0.1, 0.15) is 0 Å². The van der Waals surface area contributed by atoms with Crippen molar-refractivity contribution in [3.05, 3.63) is 33.8 Å². The molecule has 0 heterocycles. The summed E-state index contributed by atoms with van der Waals surface area (Å²) in [7, 11) is 0. The van der Waals surface area contributed by atoms with E-state index < -0.39 is 6.10 Å². The fraction of sp³-hybridized carbons (Fsp3) is 0.500. The molecule has 1 aromatic carbocycles. The highest BCUT2D eigenvalue weighted by Crippen LogP contribution is 2.21. The Morgan fingerprint density at radius 1 is 1.39 bits per heavy atom. The van der Waals surface area contributed by atoms with E-state index in [-0.39, 0.29) is 11.9 Å². The van der Waals surface area contributed by atoms with Crippen LogP contribution >= 0.6 is 15.9 Å². The highest BCUT2D eigenvalue weighted by molar-refractivity contribution is 9.10. The van der Waals surface area contributed by atoms with Crippen LogP contribution in [0.25, 0.3) is 0 Å². The van der Waals surface area contributed by atoms with Gasteiger partial charge in [-0.1, -0.05) is 34.8 Å². The highest BCUT2D eigenvalue weighted by Gasteiger charge is 2.25. The van der Waals surface area contributed by atoms with Crippen LogP contribution in [0.15, 0.2) is 22.7 Å². The van der Waals surface area contributed by atoms with Crippen molar-refractivity contribution in [1.29, 1.82) is 0 Å². The van der Waals surface area contributed by atoms with Crippen molar-refractivity contribution in [2.24, 2.45) is 0 Å². The summed E-state index contributed by atoms with van der Waals surface area (Å²) in [6.07, 6.45) is 3.35. The lowest BCUT2D eigenvalue weighted by Crippen LogP contribution is -2.45. The summed E-state index contributed by atoms with van der Waals surface area (Å²) < 4.78 is 0.930. The maximum atomic E-state index is 12.2. The van der Waals surface area contributed by atoms with E-state index in [1.807, 2.05) is 25.1 Å². The van der Waals surface area contributed by atoms with Gasteiger partial charge >= 0.3 is 0 Å². The molecule has 2 rings (SSSR count). The van der Waals surface area contributed by atoms with E-state index in [9.17, 15) is 9.90 Å². The molecule has 4 heteroatoms. The first kappa shape index (κ1) is 13.6. The molecule has 18 heavy (non-hydrogen) atoms. The van der Waals surface area contributed by atoms with E-state index in [4.69, 9.17) is 0 Å². The Morgan fingerprint density at radius 2 is 2.11 bits per heavy atom. The lowest BCUT2D eigenvalue weighted by atomic mass is 9.92. The van der Waals surface area contributed by atoms with Gasteiger partial charge in [-0.15, -0.1) is 0 Å². The third-order valence-electron chi connectivity index (χ3n) is 3.56. The molecule has 1 aromatic rings. The summed E-state index contributed by atoms with van der Waals surface area (Å²) >= 11 is 3.42. The zero-order valence-corrected chi connectivity index (χ0v) is 12.0. The Hall–Kier alpha value is -0.870. The number of aliphatic hydroxyl groups excluding tert-OH is 1. The summed E-state index contributed by atoms with van der Waals surface area (Å²) in [6.45, 7) is 1.91. The van der Waals surface area contributed by atoms with Crippen molar-refractivity contribution >= 4 is 21.8 Å². The molecular weight excluding hydrogens is 294 g/mol. The molecule has 1 amide bonds. The minimum atomic E-state index is -0.407. The summed E-state index contributed by atoms with van der Waals surface area (Å²) in [5.74, 6) is -0.0975. The number of aliphatic hydroxyl groups is 1. The van der Waals surface area contributed by atoms with Crippen molar-refractivity contribution < 1.29 is 9.90 Å². The Balaban J connectivity index is 2.09. The number of carbonyl (C=O) groups excluding carboxylic acids is 1. The summed E-state index contributed by atoms with van der Waals surface area (Å²) in [6, 6.07) is 5.47. The van der Waals surface area contributed by atoms with E-state index in [2.05, 4.69) is 21.2 Å². The number of halogens is 1. The molecule has 0 spiro atoms. The van der Waals surface area contributed by atoms with Crippen LogP contribution in [0, 0.1) is 6.92 Å². The number of nitrogens with one attached hydrogen (secondary N) is 1. The molecule has 0 aliphatic heterocycles. The number of rotatable bonds is 2. The van der Waals surface area contributed by atoms with Crippen LogP contribution < -0.4 is 5.32 Å². The topological polar surface area (TPSA) is 49.3 Å². The van der Waals surface area contributed by atoms with Crippen molar-refractivity contribution in [3.8, 4) is 0 Å². The van der Waals surface area contributed by atoms with E-state index in [0.29, 0.717) is 5.56 Å². The molecule has 0 aromatic heterocycles. The van der Waals surface area contributed by atoms with Gasteiger partial charge in [0.25, 0.3) is 5.91 Å². The molecule has 0 radical (unpaired) electrons. The Kier molecular flexibility index (Phi) is 4.40. The van der Waals surface area contributed by atoms with Crippen LogP contribution in [0.3, 0.4) is 0 Å². The normalized spacial score (nSPS) is 23.7. The molecule has 0 bridgehead atoms. The average Bonchev–Trinajstić information content (AvgIpc) is 2.35. The highest BCUT2D eigenvalue weighted by atomic mass is 79.9. The SMILES string of the molecule is Cc1c(Br)cccc1C(=O)N[C@@H]1CCCC[C@H]1O. The molecule has 3 nitrogen and oxygen atoms in total. The van der Waals surface area contributed by atoms with Gasteiger partial charge < -0.3 is 10.4 Å². The fourth-order valence-corrected chi connectivity index (χ4v) is 2.75. The molecule has 1 saturated carbocycles. The second-order valence-electron chi connectivity index (χ2n) is 4.84. The van der Waals surface area contributed by atoms with Crippen LogP contribution in [-0.2, 0) is 0 Å². The fourth-order valence-electron chi connectivity index (χ4n) is 2.38. The number of hydrogen-bond acceptors (Lipinski definition) is 2. The minimum Gasteiger partial charge on any atom is -0.391 e. The van der Waals surface area contributed by atoms with Gasteiger partial charge in [0.05, 0.1) is 12.1 Å². The van der Waals surface area contributed by atoms with Crippen LogP contribution in [0.1, 0.15) is 41.6 Å². The largest absolute Gasteiger partial charge is 0.391 e. The van der Waals surface area contributed by atoms with E-state index >= 15 is 0 Å². The summed E-state index contributed by atoms with van der Waals surface area (Å²) in [5, 5.41) is 12.8. The standard InChI is InChI=1S/C14H18BrNO2/c1-9-10(5-4-6-11(9)15)14(18)16-12-7-2-3-8-13(12)17/h4-6,12-13,17H,2-3,7-8H2,1H3,(H,16,18)/t12-,13-/m1/s1. The lowest BCUT2D eigenvalue weighted by Gasteiger charge is -2.28. The first-order chi connectivity index (χ1) is 8.59. The van der Waals surface area contributed by atoms with Gasteiger partial charge in [0.15, 0.2) is 0 Å². The second-order valence-corrected chi connectivity index (χ2v) is 5.70. The Morgan fingerprint density at radius 3 is 2.83 bits per heavy atom. The van der Waals surface area contributed by atoms with Crippen LogP contribution in [-0.4, -0.2) is 23.2 Å². The molecule has 1 fully saturated rings. The van der Waals surface area contributed by atoms with Gasteiger partial charge in [-0.05, 0) is 37.5 Å². The van der Waals surface area contributed by atoms with Crippen LogP contribution in [0.4, 0.5) is 0 Å². The van der Waals surface area contributed by atoms with Gasteiger partial charge in [0.2, 0.25) is 0 Å². The first-order valence-corrected chi connectivity index (χ1v) is 7.13. The van der Waals surface area contributed by atoms with Gasteiger partial charge in [0, 0.05) is 10.0 Å². The number of benzene rings is 1. The molecule has 2 atom stereocenters. The minimum absolute atomic E-state index is 0.0975. The first-order valence-electron chi connectivity index (χ1n) is 6.33.